The lowest BCUT2D eigenvalue weighted by molar-refractivity contribution is 0.271. The largest absolute Gasteiger partial charge is 0.383 e. The van der Waals surface area contributed by atoms with Crippen LogP contribution in [0.4, 0.5) is 11.5 Å². The van der Waals surface area contributed by atoms with Crippen molar-refractivity contribution in [3.05, 3.63) is 30.9 Å². The van der Waals surface area contributed by atoms with Gasteiger partial charge in [0, 0.05) is 38.6 Å². The molecular formula is C15H20N6. The van der Waals surface area contributed by atoms with Crippen molar-refractivity contribution in [3.63, 3.8) is 0 Å². The van der Waals surface area contributed by atoms with E-state index in [0.717, 1.165) is 49.7 Å². The van der Waals surface area contributed by atoms with Crippen LogP contribution in [-0.2, 0) is 0 Å². The van der Waals surface area contributed by atoms with Crippen LogP contribution in [0, 0.1) is 0 Å². The zero-order valence-electron chi connectivity index (χ0n) is 12.2. The minimum absolute atomic E-state index is 0.470. The number of nitrogens with zero attached hydrogens (tertiary/aromatic N) is 5. The molecule has 3 heterocycles. The molecule has 2 aromatic heterocycles. The van der Waals surface area contributed by atoms with E-state index in [0.29, 0.717) is 5.82 Å². The fraction of sp³-hybridized carbons (Fsp3) is 0.400. The van der Waals surface area contributed by atoms with E-state index in [1.807, 2.05) is 6.07 Å². The van der Waals surface area contributed by atoms with E-state index in [1.165, 1.54) is 6.33 Å². The lowest BCUT2D eigenvalue weighted by atomic mass is 10.1. The molecule has 0 unspecified atom stereocenters. The van der Waals surface area contributed by atoms with Crippen molar-refractivity contribution >= 4 is 11.5 Å². The number of anilines is 2. The van der Waals surface area contributed by atoms with Crippen molar-refractivity contribution in [2.24, 2.45) is 0 Å². The highest BCUT2D eigenvalue weighted by molar-refractivity contribution is 5.80. The Kier molecular flexibility index (Phi) is 3.96. The maximum atomic E-state index is 5.98. The van der Waals surface area contributed by atoms with Gasteiger partial charge in [-0.15, -0.1) is 0 Å². The van der Waals surface area contributed by atoms with Crippen molar-refractivity contribution in [3.8, 4) is 11.3 Å². The molecule has 0 bridgehead atoms. The summed E-state index contributed by atoms with van der Waals surface area (Å²) >= 11 is 0. The Hall–Kier alpha value is -2.21. The average Bonchev–Trinajstić information content (AvgIpc) is 2.55. The van der Waals surface area contributed by atoms with Crippen LogP contribution in [0.5, 0.6) is 0 Å². The van der Waals surface area contributed by atoms with E-state index in [1.54, 1.807) is 12.4 Å². The molecule has 3 rings (SSSR count). The number of nitrogen functional groups attached to an aromatic ring is 1. The first-order chi connectivity index (χ1) is 10.3. The van der Waals surface area contributed by atoms with Crippen LogP contribution in [0.2, 0.25) is 0 Å². The fourth-order valence-corrected chi connectivity index (χ4v) is 2.69. The third kappa shape index (κ3) is 2.80. The third-order valence-electron chi connectivity index (χ3n) is 3.94. The molecule has 0 amide bonds. The van der Waals surface area contributed by atoms with Crippen LogP contribution < -0.4 is 10.6 Å². The number of rotatable bonds is 3. The Morgan fingerprint density at radius 3 is 2.71 bits per heavy atom. The highest BCUT2D eigenvalue weighted by atomic mass is 15.3. The van der Waals surface area contributed by atoms with Gasteiger partial charge >= 0.3 is 0 Å². The first-order valence-corrected chi connectivity index (χ1v) is 7.27. The summed E-state index contributed by atoms with van der Waals surface area (Å²) in [6.07, 6.45) is 4.98. The van der Waals surface area contributed by atoms with Gasteiger partial charge in [-0.1, -0.05) is 6.92 Å². The zero-order valence-corrected chi connectivity index (χ0v) is 12.2. The normalized spacial score (nSPS) is 16.1. The number of hydrogen-bond donors (Lipinski definition) is 1. The molecule has 1 fully saturated rings. The van der Waals surface area contributed by atoms with Gasteiger partial charge in [0.1, 0.15) is 12.1 Å². The van der Waals surface area contributed by atoms with Gasteiger partial charge in [-0.2, -0.15) is 0 Å². The molecule has 0 spiro atoms. The molecular weight excluding hydrogens is 264 g/mol. The Morgan fingerprint density at radius 2 is 2.00 bits per heavy atom. The van der Waals surface area contributed by atoms with E-state index in [2.05, 4.69) is 37.7 Å². The van der Waals surface area contributed by atoms with E-state index < -0.39 is 0 Å². The molecule has 110 valence electrons. The van der Waals surface area contributed by atoms with Gasteiger partial charge in [0.15, 0.2) is 0 Å². The second-order valence-electron chi connectivity index (χ2n) is 5.11. The molecule has 1 aliphatic heterocycles. The highest BCUT2D eigenvalue weighted by Gasteiger charge is 2.20. The van der Waals surface area contributed by atoms with Crippen LogP contribution >= 0.6 is 0 Å². The minimum Gasteiger partial charge on any atom is -0.383 e. The number of piperazine rings is 1. The van der Waals surface area contributed by atoms with Gasteiger partial charge in [0.25, 0.3) is 0 Å². The van der Waals surface area contributed by atoms with Crippen molar-refractivity contribution in [1.82, 2.24) is 19.9 Å². The number of likely N-dealkylation sites (N-methyl/N-ethyl adjacent to an activating group) is 1. The maximum absolute atomic E-state index is 5.98. The molecule has 6 heteroatoms. The fourth-order valence-electron chi connectivity index (χ4n) is 2.69. The van der Waals surface area contributed by atoms with Gasteiger partial charge in [0.2, 0.25) is 0 Å². The second kappa shape index (κ2) is 6.05. The van der Waals surface area contributed by atoms with Crippen LogP contribution in [0.1, 0.15) is 6.92 Å². The van der Waals surface area contributed by atoms with Crippen molar-refractivity contribution in [2.75, 3.05) is 43.4 Å². The standard InChI is InChI=1S/C15H20N6/c1-2-20-6-8-21(9-7-20)13-4-3-5-18-14(13)12-10-17-11-19-15(12)16/h3-5,10-11H,2,6-9H2,1H3,(H2,16,17,19). The number of aromatic nitrogens is 3. The topological polar surface area (TPSA) is 71.2 Å². The quantitative estimate of drug-likeness (QED) is 0.915. The van der Waals surface area contributed by atoms with E-state index in [-0.39, 0.29) is 0 Å². The molecule has 0 atom stereocenters. The van der Waals surface area contributed by atoms with Gasteiger partial charge < -0.3 is 15.5 Å². The van der Waals surface area contributed by atoms with Crippen molar-refractivity contribution in [2.45, 2.75) is 6.92 Å². The summed E-state index contributed by atoms with van der Waals surface area (Å²) in [4.78, 5) is 17.5. The minimum atomic E-state index is 0.470. The Labute approximate surface area is 124 Å². The van der Waals surface area contributed by atoms with Crippen LogP contribution in [0.15, 0.2) is 30.9 Å². The smallest absolute Gasteiger partial charge is 0.136 e. The van der Waals surface area contributed by atoms with Gasteiger partial charge in [-0.25, -0.2) is 9.97 Å². The van der Waals surface area contributed by atoms with Crippen LogP contribution in [-0.4, -0.2) is 52.6 Å². The predicted molar refractivity (Wildman–Crippen MR) is 84.0 cm³/mol. The maximum Gasteiger partial charge on any atom is 0.136 e. The van der Waals surface area contributed by atoms with E-state index in [9.17, 15) is 0 Å². The Bertz CT molecular complexity index is 607. The number of pyridine rings is 1. The predicted octanol–water partition coefficient (Wildman–Crippen LogP) is 1.26. The zero-order chi connectivity index (χ0) is 14.7. The lowest BCUT2D eigenvalue weighted by Gasteiger charge is -2.36. The number of nitrogens with two attached hydrogens (primary N) is 1. The third-order valence-corrected chi connectivity index (χ3v) is 3.94. The Balaban J connectivity index is 1.92. The molecule has 6 nitrogen and oxygen atoms in total. The molecule has 2 aromatic rings. The summed E-state index contributed by atoms with van der Waals surface area (Å²) in [5.74, 6) is 0.470. The monoisotopic (exact) mass is 284 g/mol. The van der Waals surface area contributed by atoms with Gasteiger partial charge in [-0.3, -0.25) is 4.98 Å². The van der Waals surface area contributed by atoms with Crippen molar-refractivity contribution in [1.29, 1.82) is 0 Å². The highest BCUT2D eigenvalue weighted by Crippen LogP contribution is 2.31. The Morgan fingerprint density at radius 1 is 1.19 bits per heavy atom. The molecule has 0 aliphatic carbocycles. The van der Waals surface area contributed by atoms with Crippen molar-refractivity contribution < 1.29 is 0 Å². The molecule has 0 saturated carbocycles. The summed E-state index contributed by atoms with van der Waals surface area (Å²) in [6.45, 7) is 7.46. The summed E-state index contributed by atoms with van der Waals surface area (Å²) in [7, 11) is 0. The SMILES string of the molecule is CCN1CCN(c2cccnc2-c2cncnc2N)CC1. The molecule has 0 aromatic carbocycles. The summed E-state index contributed by atoms with van der Waals surface area (Å²) in [5, 5.41) is 0. The van der Waals surface area contributed by atoms with Gasteiger partial charge in [0.05, 0.1) is 16.9 Å². The molecule has 1 saturated heterocycles. The second-order valence-corrected chi connectivity index (χ2v) is 5.11. The van der Waals surface area contributed by atoms with E-state index in [4.69, 9.17) is 5.73 Å². The number of hydrogen-bond acceptors (Lipinski definition) is 6. The van der Waals surface area contributed by atoms with E-state index >= 15 is 0 Å². The summed E-state index contributed by atoms with van der Waals surface area (Å²) in [5.41, 5.74) is 8.74. The summed E-state index contributed by atoms with van der Waals surface area (Å²) in [6, 6.07) is 4.06. The first-order valence-electron chi connectivity index (χ1n) is 7.27. The van der Waals surface area contributed by atoms with Gasteiger partial charge in [-0.05, 0) is 18.7 Å². The average molecular weight is 284 g/mol. The first kappa shape index (κ1) is 13.8. The molecule has 21 heavy (non-hydrogen) atoms. The molecule has 1 aliphatic rings. The van der Waals surface area contributed by atoms with Crippen LogP contribution in [0.3, 0.4) is 0 Å². The lowest BCUT2D eigenvalue weighted by Crippen LogP contribution is -2.46. The van der Waals surface area contributed by atoms with Crippen LogP contribution in [0.25, 0.3) is 11.3 Å². The molecule has 2 N–H and O–H groups in total. The molecule has 0 radical (unpaired) electrons. The summed E-state index contributed by atoms with van der Waals surface area (Å²) < 4.78 is 0.